The first kappa shape index (κ1) is 25.6. The largest absolute Gasteiger partial charge is 0.272 e. The Bertz CT molecular complexity index is 2260. The highest BCUT2D eigenvalue weighted by Gasteiger charge is 2.32. The van der Waals surface area contributed by atoms with Crippen molar-refractivity contribution < 1.29 is 0 Å². The normalized spacial score (nSPS) is 12.5. The SMILES string of the molecule is CC(C)c1ccc2cc(-n3c(=O)c4c(c3=O)c3c(=O)n(C(C)C)c(=O)c3c3c(=O)n(C(C)C)c(=O)c43)ccc2c1. The second-order valence-electron chi connectivity index (χ2n) is 11.3. The van der Waals surface area contributed by atoms with E-state index in [9.17, 15) is 28.8 Å². The molecular formula is C31H27N3O6. The molecule has 0 unspecified atom stereocenters. The number of hydrogen-bond donors (Lipinski definition) is 0. The van der Waals surface area contributed by atoms with Crippen molar-refractivity contribution in [2.45, 2.75) is 59.5 Å². The van der Waals surface area contributed by atoms with Crippen LogP contribution >= 0.6 is 0 Å². The van der Waals surface area contributed by atoms with E-state index in [1.165, 1.54) is 0 Å². The summed E-state index contributed by atoms with van der Waals surface area (Å²) in [5.41, 5.74) is -3.27. The number of fused-ring (bicyclic) bond motifs is 7. The zero-order chi connectivity index (χ0) is 28.9. The fourth-order valence-corrected chi connectivity index (χ4v) is 5.94. The lowest BCUT2D eigenvalue weighted by Crippen LogP contribution is -2.28. The lowest BCUT2D eigenvalue weighted by atomic mass is 9.99. The van der Waals surface area contributed by atoms with E-state index in [1.807, 2.05) is 18.2 Å². The summed E-state index contributed by atoms with van der Waals surface area (Å²) in [5, 5.41) is -0.0267. The Labute approximate surface area is 226 Å². The van der Waals surface area contributed by atoms with Crippen molar-refractivity contribution in [2.75, 3.05) is 0 Å². The van der Waals surface area contributed by atoms with E-state index in [2.05, 4.69) is 13.8 Å². The summed E-state index contributed by atoms with van der Waals surface area (Å²) in [6.07, 6.45) is 0. The molecule has 6 aromatic rings. The van der Waals surface area contributed by atoms with E-state index >= 15 is 0 Å². The van der Waals surface area contributed by atoms with Gasteiger partial charge >= 0.3 is 0 Å². The summed E-state index contributed by atoms with van der Waals surface area (Å²) < 4.78 is 2.85. The van der Waals surface area contributed by atoms with Gasteiger partial charge in [0.05, 0.1) is 38.0 Å². The first-order valence-corrected chi connectivity index (χ1v) is 13.3. The minimum absolute atomic E-state index is 0.258. The van der Waals surface area contributed by atoms with E-state index < -0.39 is 45.4 Å². The molecule has 0 saturated heterocycles. The molecule has 6 rings (SSSR count). The predicted molar refractivity (Wildman–Crippen MR) is 158 cm³/mol. The lowest BCUT2D eigenvalue weighted by molar-refractivity contribution is 0.572. The maximum Gasteiger partial charge on any atom is 0.267 e. The van der Waals surface area contributed by atoms with Crippen molar-refractivity contribution in [3.8, 4) is 5.69 Å². The highest BCUT2D eigenvalue weighted by molar-refractivity contribution is 6.25. The Morgan fingerprint density at radius 2 is 0.850 bits per heavy atom. The molecular weight excluding hydrogens is 510 g/mol. The van der Waals surface area contributed by atoms with Gasteiger partial charge in [-0.05, 0) is 62.1 Å². The first-order valence-electron chi connectivity index (χ1n) is 13.3. The third-order valence-electron chi connectivity index (χ3n) is 7.87. The van der Waals surface area contributed by atoms with Gasteiger partial charge in [0.1, 0.15) is 0 Å². The summed E-state index contributed by atoms with van der Waals surface area (Å²) in [6.45, 7) is 10.7. The lowest BCUT2D eigenvalue weighted by Gasteiger charge is -2.08. The molecule has 0 aliphatic heterocycles. The second-order valence-corrected chi connectivity index (χ2v) is 11.3. The Balaban J connectivity index is 1.86. The van der Waals surface area contributed by atoms with Gasteiger partial charge in [-0.25, -0.2) is 4.57 Å². The molecule has 40 heavy (non-hydrogen) atoms. The highest BCUT2D eigenvalue weighted by atomic mass is 16.2. The fraction of sp³-hybridized carbons (Fsp3) is 0.290. The Hall–Kier alpha value is -4.66. The Morgan fingerprint density at radius 1 is 0.475 bits per heavy atom. The smallest absolute Gasteiger partial charge is 0.267 e. The van der Waals surface area contributed by atoms with E-state index in [0.717, 1.165) is 30.0 Å². The van der Waals surface area contributed by atoms with Crippen LogP contribution in [0.25, 0.3) is 48.8 Å². The van der Waals surface area contributed by atoms with E-state index in [-0.39, 0.29) is 38.0 Å². The van der Waals surface area contributed by atoms with Crippen molar-refractivity contribution in [1.29, 1.82) is 0 Å². The van der Waals surface area contributed by atoms with Gasteiger partial charge < -0.3 is 0 Å². The molecule has 9 heteroatoms. The van der Waals surface area contributed by atoms with Crippen LogP contribution in [-0.2, 0) is 0 Å². The summed E-state index contributed by atoms with van der Waals surface area (Å²) in [4.78, 5) is 82.2. The number of benzene rings is 3. The number of aromatic nitrogens is 3. The molecule has 0 atom stereocenters. The van der Waals surface area contributed by atoms with Crippen molar-refractivity contribution in [1.82, 2.24) is 13.7 Å². The number of hydrogen-bond acceptors (Lipinski definition) is 6. The zero-order valence-corrected chi connectivity index (χ0v) is 23.0. The summed E-state index contributed by atoms with van der Waals surface area (Å²) in [5.74, 6) is 0.320. The monoisotopic (exact) mass is 537 g/mol. The molecule has 0 bridgehead atoms. The first-order chi connectivity index (χ1) is 18.9. The van der Waals surface area contributed by atoms with Gasteiger partial charge in [0.25, 0.3) is 33.4 Å². The Kier molecular flexibility index (Phi) is 5.39. The molecule has 0 N–H and O–H groups in total. The van der Waals surface area contributed by atoms with Crippen LogP contribution in [0.5, 0.6) is 0 Å². The van der Waals surface area contributed by atoms with Gasteiger partial charge in [-0.3, -0.25) is 37.9 Å². The maximum absolute atomic E-state index is 14.0. The minimum Gasteiger partial charge on any atom is -0.272 e. The highest BCUT2D eigenvalue weighted by Crippen LogP contribution is 2.28. The van der Waals surface area contributed by atoms with Crippen molar-refractivity contribution >= 4 is 43.1 Å². The van der Waals surface area contributed by atoms with Crippen molar-refractivity contribution in [3.63, 3.8) is 0 Å². The number of nitrogens with zero attached hydrogens (tertiary/aromatic N) is 3. The quantitative estimate of drug-likeness (QED) is 0.340. The molecule has 3 aromatic carbocycles. The molecule has 0 spiro atoms. The maximum atomic E-state index is 14.0. The summed E-state index contributed by atoms with van der Waals surface area (Å²) >= 11 is 0. The second kappa shape index (κ2) is 8.42. The molecule has 0 aliphatic rings. The minimum atomic E-state index is -0.813. The Morgan fingerprint density at radius 3 is 1.25 bits per heavy atom. The fourth-order valence-electron chi connectivity index (χ4n) is 5.94. The topological polar surface area (TPSA) is 117 Å². The summed E-state index contributed by atoms with van der Waals surface area (Å²) in [6, 6.07) is 9.92. The van der Waals surface area contributed by atoms with Crippen LogP contribution in [0, 0.1) is 0 Å². The molecule has 0 amide bonds. The van der Waals surface area contributed by atoms with Crippen LogP contribution in [0.3, 0.4) is 0 Å². The standard InChI is InChI=1S/C31H27N3O6/c1-13(2)16-7-8-18-12-19(10-9-17(18)11-16)34-30(39)24-22-20(26(35)32(14(3)4)28(22)37)21-23(25(24)31(34)40)29(38)33(15(5)6)27(21)36/h7-15H,1-6H3. The van der Waals surface area contributed by atoms with Crippen molar-refractivity contribution in [2.24, 2.45) is 0 Å². The van der Waals surface area contributed by atoms with Gasteiger partial charge in [-0.15, -0.1) is 0 Å². The van der Waals surface area contributed by atoms with Crippen LogP contribution in [-0.4, -0.2) is 13.7 Å². The van der Waals surface area contributed by atoms with Gasteiger partial charge in [0.15, 0.2) is 0 Å². The average molecular weight is 538 g/mol. The van der Waals surface area contributed by atoms with E-state index in [4.69, 9.17) is 0 Å². The van der Waals surface area contributed by atoms with Crippen LogP contribution in [0.15, 0.2) is 65.2 Å². The third-order valence-corrected chi connectivity index (χ3v) is 7.87. The van der Waals surface area contributed by atoms with Gasteiger partial charge in [0.2, 0.25) is 0 Å². The zero-order valence-electron chi connectivity index (χ0n) is 23.0. The molecule has 0 radical (unpaired) electrons. The molecule has 3 aromatic heterocycles. The van der Waals surface area contributed by atoms with Crippen LogP contribution in [0.4, 0.5) is 0 Å². The number of rotatable bonds is 4. The van der Waals surface area contributed by atoms with Crippen molar-refractivity contribution in [3.05, 3.63) is 104 Å². The van der Waals surface area contributed by atoms with Gasteiger partial charge in [-0.2, -0.15) is 0 Å². The predicted octanol–water partition coefficient (Wildman–Crippen LogP) is 3.45. The molecule has 0 saturated carbocycles. The average Bonchev–Trinajstić information content (AvgIpc) is 3.41. The molecule has 202 valence electrons. The molecule has 0 fully saturated rings. The molecule has 3 heterocycles. The van der Waals surface area contributed by atoms with E-state index in [1.54, 1.807) is 45.9 Å². The van der Waals surface area contributed by atoms with Crippen LogP contribution in [0.1, 0.15) is 65.1 Å². The van der Waals surface area contributed by atoms with Gasteiger partial charge in [-0.1, -0.05) is 38.1 Å². The van der Waals surface area contributed by atoms with Crippen LogP contribution in [0.2, 0.25) is 0 Å². The molecule has 9 nitrogen and oxygen atoms in total. The van der Waals surface area contributed by atoms with Crippen LogP contribution < -0.4 is 33.4 Å². The van der Waals surface area contributed by atoms with Gasteiger partial charge in [0, 0.05) is 12.1 Å². The van der Waals surface area contributed by atoms with E-state index in [0.29, 0.717) is 5.92 Å². The molecule has 0 aliphatic carbocycles. The third kappa shape index (κ3) is 3.14. The summed E-state index contributed by atoms with van der Waals surface area (Å²) in [7, 11) is 0.